The van der Waals surface area contributed by atoms with E-state index in [0.29, 0.717) is 46.9 Å². The third-order valence-corrected chi connectivity index (χ3v) is 9.65. The molecule has 5 rings (SSSR count). The number of fused-ring (bicyclic) bond motifs is 1. The number of thioether (sulfide) groups is 1. The van der Waals surface area contributed by atoms with Gasteiger partial charge in [0.25, 0.3) is 11.5 Å². The smallest absolute Gasteiger partial charge is 0.345 e. The number of amides is 1. The van der Waals surface area contributed by atoms with Crippen molar-refractivity contribution in [2.45, 2.75) is 82.7 Å². The minimum absolute atomic E-state index is 0.0498. The van der Waals surface area contributed by atoms with Crippen LogP contribution in [0.2, 0.25) is 0 Å². The molecule has 2 aromatic heterocycles. The highest BCUT2D eigenvalue weighted by molar-refractivity contribution is 7.98. The lowest BCUT2D eigenvalue weighted by molar-refractivity contribution is -0.202. The number of H-pyrrole nitrogens is 1. The number of benzene rings is 1. The van der Waals surface area contributed by atoms with Gasteiger partial charge in [0.2, 0.25) is 0 Å². The van der Waals surface area contributed by atoms with Crippen LogP contribution in [0.25, 0.3) is 10.9 Å². The van der Waals surface area contributed by atoms with Crippen molar-refractivity contribution in [2.24, 2.45) is 5.92 Å². The molecule has 11 heteroatoms. The van der Waals surface area contributed by atoms with Gasteiger partial charge in [-0.1, -0.05) is 12.1 Å². The van der Waals surface area contributed by atoms with Crippen LogP contribution in [0.4, 0.5) is 13.2 Å². The molecular weight excluding hydrogens is 553 g/mol. The van der Waals surface area contributed by atoms with Gasteiger partial charge < -0.3 is 19.6 Å². The van der Waals surface area contributed by atoms with Crippen molar-refractivity contribution in [1.29, 1.82) is 0 Å². The normalized spacial score (nSPS) is 20.9. The number of carbonyl (C=O) groups excluding carboxylic acids is 1. The predicted octanol–water partition coefficient (Wildman–Crippen LogP) is 5.78. The fourth-order valence-corrected chi connectivity index (χ4v) is 7.40. The highest BCUT2D eigenvalue weighted by atomic mass is 32.2. The molecule has 1 saturated heterocycles. The number of hydrogen-bond acceptors (Lipinski definition) is 5. The molecule has 1 aromatic carbocycles. The summed E-state index contributed by atoms with van der Waals surface area (Å²) in [7, 11) is 0. The Hall–Kier alpha value is -2.76. The van der Waals surface area contributed by atoms with Gasteiger partial charge in [0, 0.05) is 59.0 Å². The molecule has 0 spiro atoms. The van der Waals surface area contributed by atoms with Crippen molar-refractivity contribution in [2.75, 3.05) is 19.3 Å². The maximum absolute atomic E-state index is 15.3. The number of aromatic nitrogens is 2. The lowest BCUT2D eigenvalue weighted by Crippen LogP contribution is -2.57. The molecule has 1 atom stereocenters. The number of halogens is 3. The Morgan fingerprint density at radius 1 is 1.20 bits per heavy atom. The lowest BCUT2D eigenvalue weighted by atomic mass is 9.80. The quantitative estimate of drug-likeness (QED) is 0.309. The average Bonchev–Trinajstić information content (AvgIpc) is 3.22. The number of alkyl halides is 2. The molecule has 2 fully saturated rings. The summed E-state index contributed by atoms with van der Waals surface area (Å²) in [4.78, 5) is 32.0. The maximum atomic E-state index is 15.3. The second kappa shape index (κ2) is 12.2. The first kappa shape index (κ1) is 29.7. The SMILES string of the molecule is CSc1cc(C)[nH]c(=O)c1CNC(=O)c1c(C)n([C@H](C)C2CCC(N3CC(OC(F)F)C3)CC2)c2c(F)cccc12. The van der Waals surface area contributed by atoms with Crippen LogP contribution in [0.1, 0.15) is 66.0 Å². The summed E-state index contributed by atoms with van der Waals surface area (Å²) in [5, 5.41) is 3.46. The summed E-state index contributed by atoms with van der Waals surface area (Å²) in [6.45, 7) is 4.15. The number of para-hydroxylation sites is 1. The van der Waals surface area contributed by atoms with Gasteiger partial charge in [0.15, 0.2) is 0 Å². The summed E-state index contributed by atoms with van der Waals surface area (Å²) in [6, 6.07) is 6.98. The van der Waals surface area contributed by atoms with E-state index in [1.807, 2.05) is 30.7 Å². The molecule has 0 unspecified atom stereocenters. The molecule has 3 heterocycles. The number of likely N-dealkylation sites (tertiary alicyclic amines) is 1. The fourth-order valence-electron chi connectivity index (χ4n) is 6.69. The van der Waals surface area contributed by atoms with E-state index in [1.165, 1.54) is 17.8 Å². The zero-order valence-electron chi connectivity index (χ0n) is 23.8. The van der Waals surface area contributed by atoms with Gasteiger partial charge in [-0.05, 0) is 70.8 Å². The van der Waals surface area contributed by atoms with Crippen LogP contribution in [0, 0.1) is 25.6 Å². The molecule has 2 N–H and O–H groups in total. The van der Waals surface area contributed by atoms with Gasteiger partial charge >= 0.3 is 6.61 Å². The monoisotopic (exact) mass is 590 g/mol. The molecule has 1 aliphatic carbocycles. The molecule has 7 nitrogen and oxygen atoms in total. The van der Waals surface area contributed by atoms with Crippen molar-refractivity contribution in [1.82, 2.24) is 19.8 Å². The summed E-state index contributed by atoms with van der Waals surface area (Å²) in [5.41, 5.74) is 2.52. The predicted molar refractivity (Wildman–Crippen MR) is 154 cm³/mol. The largest absolute Gasteiger partial charge is 0.348 e. The molecule has 1 aliphatic heterocycles. The van der Waals surface area contributed by atoms with Crippen molar-refractivity contribution in [3.05, 3.63) is 63.0 Å². The number of carbonyl (C=O) groups is 1. The fraction of sp³-hybridized carbons (Fsp3) is 0.533. The third-order valence-electron chi connectivity index (χ3n) is 8.84. The molecule has 3 aromatic rings. The number of ether oxygens (including phenoxy) is 1. The second-order valence-electron chi connectivity index (χ2n) is 11.3. The van der Waals surface area contributed by atoms with E-state index in [9.17, 15) is 18.4 Å². The van der Waals surface area contributed by atoms with Crippen LogP contribution < -0.4 is 10.9 Å². The summed E-state index contributed by atoms with van der Waals surface area (Å²) < 4.78 is 46.9. The van der Waals surface area contributed by atoms with Crippen LogP contribution in [0.5, 0.6) is 0 Å². The number of nitrogens with one attached hydrogen (secondary N) is 2. The topological polar surface area (TPSA) is 79.4 Å². The summed E-state index contributed by atoms with van der Waals surface area (Å²) in [6.07, 6.45) is 5.21. The van der Waals surface area contributed by atoms with Gasteiger partial charge in [-0.15, -0.1) is 11.8 Å². The van der Waals surface area contributed by atoms with Gasteiger partial charge in [-0.25, -0.2) is 4.39 Å². The van der Waals surface area contributed by atoms with E-state index >= 15 is 4.39 Å². The van der Waals surface area contributed by atoms with Crippen LogP contribution in [0.3, 0.4) is 0 Å². The Balaban J connectivity index is 1.34. The zero-order valence-corrected chi connectivity index (χ0v) is 24.6. The zero-order chi connectivity index (χ0) is 29.4. The number of aryl methyl sites for hydroxylation is 1. The molecule has 222 valence electrons. The third kappa shape index (κ3) is 5.94. The Morgan fingerprint density at radius 2 is 1.90 bits per heavy atom. The second-order valence-corrected chi connectivity index (χ2v) is 12.1. The van der Waals surface area contributed by atoms with Gasteiger partial charge in [-0.2, -0.15) is 8.78 Å². The highest BCUT2D eigenvalue weighted by Gasteiger charge is 2.38. The van der Waals surface area contributed by atoms with E-state index in [4.69, 9.17) is 0 Å². The van der Waals surface area contributed by atoms with Gasteiger partial charge in [-0.3, -0.25) is 14.5 Å². The molecule has 0 bridgehead atoms. The first-order valence-corrected chi connectivity index (χ1v) is 15.3. The average molecular weight is 591 g/mol. The number of nitrogens with zero attached hydrogens (tertiary/aromatic N) is 2. The molecule has 1 saturated carbocycles. The van der Waals surface area contributed by atoms with E-state index in [1.54, 1.807) is 12.1 Å². The molecule has 41 heavy (non-hydrogen) atoms. The van der Waals surface area contributed by atoms with E-state index < -0.39 is 12.7 Å². The highest BCUT2D eigenvalue weighted by Crippen LogP contribution is 2.40. The van der Waals surface area contributed by atoms with Crippen molar-refractivity contribution < 1.29 is 22.7 Å². The van der Waals surface area contributed by atoms with Crippen LogP contribution in [0.15, 0.2) is 34.0 Å². The van der Waals surface area contributed by atoms with E-state index in [2.05, 4.69) is 26.9 Å². The Bertz CT molecular complexity index is 1480. The standard InChI is InChI=1S/C30H37F3N4O3S/c1-16-12-25(41-4)23(28(38)35-16)13-34-29(39)26-18(3)37(27-22(26)6-5-7-24(27)31)17(2)19-8-10-20(11-9-19)36-14-21(15-36)40-30(32)33/h5-7,12,17,19-21,30H,8-11,13-15H2,1-4H3,(H,34,39)(H,35,38)/t17-,19?,20?/m1/s1. The number of pyridine rings is 1. The lowest BCUT2D eigenvalue weighted by Gasteiger charge is -2.46. The number of hydrogen-bond donors (Lipinski definition) is 2. The summed E-state index contributed by atoms with van der Waals surface area (Å²) >= 11 is 1.45. The van der Waals surface area contributed by atoms with Gasteiger partial charge in [0.1, 0.15) is 5.82 Å². The molecule has 2 aliphatic rings. The van der Waals surface area contributed by atoms with Crippen LogP contribution in [-0.4, -0.2) is 58.5 Å². The molecule has 1 amide bonds. The first-order chi connectivity index (χ1) is 19.6. The van der Waals surface area contributed by atoms with Crippen molar-refractivity contribution in [3.63, 3.8) is 0 Å². The number of rotatable bonds is 9. The van der Waals surface area contributed by atoms with Crippen molar-refractivity contribution in [3.8, 4) is 0 Å². The van der Waals surface area contributed by atoms with E-state index in [0.717, 1.165) is 36.3 Å². The molecular formula is C30H37F3N4O3S. The van der Waals surface area contributed by atoms with Crippen LogP contribution in [-0.2, 0) is 11.3 Å². The van der Waals surface area contributed by atoms with Crippen molar-refractivity contribution >= 4 is 28.6 Å². The van der Waals surface area contributed by atoms with Crippen LogP contribution >= 0.6 is 11.8 Å². The summed E-state index contributed by atoms with van der Waals surface area (Å²) in [5.74, 6) is -0.450. The Labute approximate surface area is 241 Å². The molecule has 0 radical (unpaired) electrons. The first-order valence-electron chi connectivity index (χ1n) is 14.1. The maximum Gasteiger partial charge on any atom is 0.345 e. The van der Waals surface area contributed by atoms with Gasteiger partial charge in [0.05, 0.1) is 17.2 Å². The number of aromatic amines is 1. The minimum atomic E-state index is -2.73. The van der Waals surface area contributed by atoms with E-state index in [-0.39, 0.29) is 35.8 Å². The Kier molecular flexibility index (Phi) is 8.87. The minimum Gasteiger partial charge on any atom is -0.348 e. The Morgan fingerprint density at radius 3 is 2.56 bits per heavy atom.